The van der Waals surface area contributed by atoms with Crippen LogP contribution in [-0.2, 0) is 11.3 Å². The van der Waals surface area contributed by atoms with Gasteiger partial charge in [0.1, 0.15) is 5.69 Å². The van der Waals surface area contributed by atoms with Crippen LogP contribution < -0.4 is 11.1 Å². The first-order valence-corrected chi connectivity index (χ1v) is 12.2. The fraction of sp³-hybridized carbons (Fsp3) is 0.357. The number of carbonyl (C=O) groups is 2. The van der Waals surface area contributed by atoms with Crippen molar-refractivity contribution in [2.24, 2.45) is 17.6 Å². The number of nitrogens with one attached hydrogen (secondary N) is 2. The third kappa shape index (κ3) is 6.03. The molecule has 2 fully saturated rings. The van der Waals surface area contributed by atoms with Crippen LogP contribution in [0.1, 0.15) is 40.9 Å². The molecule has 2 aliphatic rings. The lowest BCUT2D eigenvalue weighted by molar-refractivity contribution is 0.0935. The van der Waals surface area contributed by atoms with Gasteiger partial charge in [0.2, 0.25) is 0 Å². The molecule has 7 heteroatoms. The third-order valence-electron chi connectivity index (χ3n) is 6.67. The molecule has 7 nitrogen and oxygen atoms in total. The monoisotopic (exact) mass is 470 g/mol. The summed E-state index contributed by atoms with van der Waals surface area (Å²) in [7, 11) is 0. The first-order chi connectivity index (χ1) is 17.0. The Morgan fingerprint density at radius 3 is 2.74 bits per heavy atom. The van der Waals surface area contributed by atoms with Crippen LogP contribution in [0, 0.1) is 23.7 Å². The maximum absolute atomic E-state index is 13.0. The van der Waals surface area contributed by atoms with Crippen LogP contribution >= 0.6 is 0 Å². The molecule has 2 aromatic carbocycles. The van der Waals surface area contributed by atoms with Gasteiger partial charge in [0.05, 0.1) is 6.61 Å². The van der Waals surface area contributed by atoms with Crippen molar-refractivity contribution in [2.75, 3.05) is 19.7 Å². The summed E-state index contributed by atoms with van der Waals surface area (Å²) in [6, 6.07) is 18.2. The highest BCUT2D eigenvalue weighted by Gasteiger charge is 2.33. The van der Waals surface area contributed by atoms with Crippen molar-refractivity contribution in [3.8, 4) is 11.8 Å². The van der Waals surface area contributed by atoms with Gasteiger partial charge in [0, 0.05) is 54.0 Å². The molecular weight excluding hydrogens is 440 g/mol. The average molecular weight is 471 g/mol. The van der Waals surface area contributed by atoms with E-state index in [0.717, 1.165) is 36.0 Å². The predicted octanol–water partition coefficient (Wildman–Crippen LogP) is 3.65. The van der Waals surface area contributed by atoms with Gasteiger partial charge in [-0.25, -0.2) is 4.79 Å². The van der Waals surface area contributed by atoms with E-state index in [4.69, 9.17) is 10.5 Å². The smallest absolute Gasteiger partial charge is 0.404 e. The number of ether oxygens (including phenoxy) is 1. The van der Waals surface area contributed by atoms with Crippen LogP contribution in [-0.4, -0.2) is 47.6 Å². The summed E-state index contributed by atoms with van der Waals surface area (Å²) in [5.41, 5.74) is 8.77. The molecule has 1 aliphatic heterocycles. The minimum Gasteiger partial charge on any atom is -0.449 e. The predicted molar refractivity (Wildman–Crippen MR) is 135 cm³/mol. The minimum atomic E-state index is -0.753. The van der Waals surface area contributed by atoms with Crippen molar-refractivity contribution in [3.63, 3.8) is 0 Å². The van der Waals surface area contributed by atoms with Crippen LogP contribution in [0.5, 0.6) is 0 Å². The van der Waals surface area contributed by atoms with Gasteiger partial charge < -0.3 is 20.8 Å². The van der Waals surface area contributed by atoms with Gasteiger partial charge in [-0.05, 0) is 43.0 Å². The van der Waals surface area contributed by atoms with E-state index in [1.807, 2.05) is 42.5 Å². The van der Waals surface area contributed by atoms with E-state index in [1.165, 1.54) is 18.4 Å². The number of rotatable bonds is 7. The zero-order chi connectivity index (χ0) is 24.2. The molecule has 1 aromatic heterocycles. The maximum Gasteiger partial charge on any atom is 0.404 e. The molecule has 1 saturated heterocycles. The largest absolute Gasteiger partial charge is 0.449 e. The van der Waals surface area contributed by atoms with Crippen molar-refractivity contribution in [1.29, 1.82) is 0 Å². The van der Waals surface area contributed by atoms with E-state index in [-0.39, 0.29) is 17.9 Å². The Balaban J connectivity index is 1.23. The normalized spacial score (nSPS) is 19.8. The lowest BCUT2D eigenvalue weighted by Crippen LogP contribution is -2.39. The number of H-pyrrole nitrogens is 1. The number of aromatic nitrogens is 1. The van der Waals surface area contributed by atoms with E-state index in [9.17, 15) is 9.59 Å². The fourth-order valence-electron chi connectivity index (χ4n) is 4.68. The second-order valence-corrected chi connectivity index (χ2v) is 9.54. The number of hydrogen-bond acceptors (Lipinski definition) is 4. The Labute approximate surface area is 205 Å². The molecule has 1 saturated carbocycles. The van der Waals surface area contributed by atoms with E-state index >= 15 is 0 Å². The van der Waals surface area contributed by atoms with Crippen molar-refractivity contribution in [1.82, 2.24) is 15.2 Å². The Morgan fingerprint density at radius 1 is 1.14 bits per heavy atom. The van der Waals surface area contributed by atoms with Gasteiger partial charge in [-0.1, -0.05) is 48.2 Å². The van der Waals surface area contributed by atoms with Gasteiger partial charge >= 0.3 is 6.09 Å². The number of nitrogens with zero attached hydrogens (tertiary/aromatic N) is 1. The molecule has 2 heterocycles. The highest BCUT2D eigenvalue weighted by molar-refractivity contribution is 5.98. The van der Waals surface area contributed by atoms with Gasteiger partial charge in [-0.3, -0.25) is 9.69 Å². The van der Waals surface area contributed by atoms with Crippen LogP contribution in [0.2, 0.25) is 0 Å². The number of aromatic amines is 1. The molecule has 2 atom stereocenters. The van der Waals surface area contributed by atoms with Crippen molar-refractivity contribution < 1.29 is 14.3 Å². The second kappa shape index (κ2) is 10.2. The van der Waals surface area contributed by atoms with Crippen molar-refractivity contribution >= 4 is 22.9 Å². The van der Waals surface area contributed by atoms with Crippen LogP contribution in [0.3, 0.4) is 0 Å². The van der Waals surface area contributed by atoms with E-state index in [1.54, 1.807) is 0 Å². The van der Waals surface area contributed by atoms with Gasteiger partial charge in [-0.15, -0.1) is 0 Å². The number of fused-ring (bicyclic) bond motifs is 1. The first-order valence-electron chi connectivity index (χ1n) is 12.2. The summed E-state index contributed by atoms with van der Waals surface area (Å²) in [4.78, 5) is 29.6. The molecule has 2 amide bonds. The molecule has 5 rings (SSSR count). The number of nitrogens with two attached hydrogens (primary N) is 1. The molecule has 180 valence electrons. The zero-order valence-corrected chi connectivity index (χ0v) is 19.6. The van der Waals surface area contributed by atoms with Crippen LogP contribution in [0.4, 0.5) is 4.79 Å². The average Bonchev–Trinajstić information content (AvgIpc) is 3.46. The highest BCUT2D eigenvalue weighted by atomic mass is 16.5. The summed E-state index contributed by atoms with van der Waals surface area (Å²) in [5, 5.41) is 4.08. The highest BCUT2D eigenvalue weighted by Crippen LogP contribution is 2.28. The lowest BCUT2D eigenvalue weighted by Gasteiger charge is -2.24. The number of primary amides is 1. The summed E-state index contributed by atoms with van der Waals surface area (Å²) < 4.78 is 5.05. The molecule has 0 bridgehead atoms. The third-order valence-corrected chi connectivity index (χ3v) is 6.67. The molecule has 35 heavy (non-hydrogen) atoms. The quantitative estimate of drug-likeness (QED) is 0.459. The molecule has 4 N–H and O–H groups in total. The summed E-state index contributed by atoms with van der Waals surface area (Å²) in [6.45, 7) is 2.34. The summed E-state index contributed by atoms with van der Waals surface area (Å²) in [5.74, 6) is 7.10. The molecule has 0 unspecified atom stereocenters. The Bertz CT molecular complexity index is 1270. The number of carbonyl (C=O) groups excluding carboxylic acids is 2. The van der Waals surface area contributed by atoms with Gasteiger partial charge in [0.15, 0.2) is 0 Å². The molecule has 1 aliphatic carbocycles. The fourth-order valence-corrected chi connectivity index (χ4v) is 4.68. The van der Waals surface area contributed by atoms with E-state index < -0.39 is 6.09 Å². The molecule has 0 spiro atoms. The second-order valence-electron chi connectivity index (χ2n) is 9.54. The molecular formula is C28H30N4O3. The standard InChI is InChI=1S/C28H30N4O3/c29-28(34)35-18-22-12-24(32(17-22)16-21-4-2-1-3-5-21)15-30-27(33)26-14-23-11-10-20(13-25(23)31-26)9-8-19-6-7-19/h1-5,10-11,13-14,19,22,24,31H,6-7,12,15-18H2,(H2,29,34)(H,30,33)/t22-,24-/m0/s1. The van der Waals surface area contributed by atoms with Crippen molar-refractivity contribution in [3.05, 3.63) is 71.4 Å². The van der Waals surface area contributed by atoms with Crippen LogP contribution in [0.25, 0.3) is 10.9 Å². The Hall–Kier alpha value is -3.76. The number of benzene rings is 2. The minimum absolute atomic E-state index is 0.134. The SMILES string of the molecule is NC(=O)OC[C@H]1C[C@@H](CNC(=O)c2cc3ccc(C#CC4CC4)cc3[nH]2)N(Cc2ccccc2)C1. The summed E-state index contributed by atoms with van der Waals surface area (Å²) >= 11 is 0. The topological polar surface area (TPSA) is 100 Å². The van der Waals surface area contributed by atoms with E-state index in [2.05, 4.69) is 39.2 Å². The van der Waals surface area contributed by atoms with E-state index in [0.29, 0.717) is 24.8 Å². The number of hydrogen-bond donors (Lipinski definition) is 3. The van der Waals surface area contributed by atoms with Crippen LogP contribution in [0.15, 0.2) is 54.6 Å². The number of amides is 2. The Morgan fingerprint density at radius 2 is 1.97 bits per heavy atom. The Kier molecular flexibility index (Phi) is 6.73. The van der Waals surface area contributed by atoms with Gasteiger partial charge in [0.25, 0.3) is 5.91 Å². The number of likely N-dealkylation sites (tertiary alicyclic amines) is 1. The first kappa shape index (κ1) is 23.0. The summed E-state index contributed by atoms with van der Waals surface area (Å²) in [6.07, 6.45) is 2.46. The molecule has 0 radical (unpaired) electrons. The van der Waals surface area contributed by atoms with Crippen molar-refractivity contribution in [2.45, 2.75) is 31.8 Å². The zero-order valence-electron chi connectivity index (χ0n) is 19.6. The maximum atomic E-state index is 13.0. The lowest BCUT2D eigenvalue weighted by atomic mass is 10.1. The van der Waals surface area contributed by atoms with Gasteiger partial charge in [-0.2, -0.15) is 0 Å². The molecule has 3 aromatic rings.